The molecule has 4 rings (SSSR count). The molecule has 1 aliphatic rings. The maximum Gasteiger partial charge on any atom is 0.343 e. The van der Waals surface area contributed by atoms with E-state index in [1.165, 1.54) is 18.2 Å². The molecule has 3 aromatic rings. The fourth-order valence-corrected chi connectivity index (χ4v) is 4.20. The SMILES string of the molecule is Cc1ccc(C(=O)Oc2ccccc2/C=C2\SC(=O)N(Cc3ccc(F)cc3Cl)C2=O)cc1. The van der Waals surface area contributed by atoms with Gasteiger partial charge in [-0.1, -0.05) is 53.6 Å². The van der Waals surface area contributed by atoms with E-state index in [1.54, 1.807) is 36.4 Å². The zero-order valence-electron chi connectivity index (χ0n) is 17.4. The molecule has 1 aliphatic heterocycles. The van der Waals surface area contributed by atoms with Gasteiger partial charge < -0.3 is 4.74 Å². The van der Waals surface area contributed by atoms with E-state index in [1.807, 2.05) is 19.1 Å². The van der Waals surface area contributed by atoms with Crippen molar-refractivity contribution >= 4 is 46.6 Å². The summed E-state index contributed by atoms with van der Waals surface area (Å²) in [4.78, 5) is 39.1. The number of amides is 2. The molecule has 2 amide bonds. The van der Waals surface area contributed by atoms with Crippen molar-refractivity contribution in [1.82, 2.24) is 4.90 Å². The molecule has 8 heteroatoms. The second-order valence-corrected chi connectivity index (χ2v) is 8.70. The number of halogens is 2. The van der Waals surface area contributed by atoms with Gasteiger partial charge in [0.15, 0.2) is 0 Å². The second-order valence-electron chi connectivity index (χ2n) is 7.30. The van der Waals surface area contributed by atoms with Crippen molar-refractivity contribution in [3.05, 3.63) is 105 Å². The van der Waals surface area contributed by atoms with Crippen LogP contribution in [0, 0.1) is 12.7 Å². The Kier molecular flexibility index (Phi) is 6.62. The molecule has 5 nitrogen and oxygen atoms in total. The maximum atomic E-state index is 13.3. The van der Waals surface area contributed by atoms with E-state index in [-0.39, 0.29) is 22.2 Å². The Hall–Kier alpha value is -3.42. The highest BCUT2D eigenvalue weighted by atomic mass is 35.5. The van der Waals surface area contributed by atoms with Crippen molar-refractivity contribution in [2.24, 2.45) is 0 Å². The number of benzene rings is 3. The number of carbonyl (C=O) groups excluding carboxylic acids is 3. The first-order valence-corrected chi connectivity index (χ1v) is 11.1. The Bertz CT molecular complexity index is 1290. The van der Waals surface area contributed by atoms with Gasteiger partial charge in [-0.25, -0.2) is 9.18 Å². The number of imide groups is 1. The highest BCUT2D eigenvalue weighted by Gasteiger charge is 2.35. The minimum atomic E-state index is -0.532. The molecule has 0 aromatic heterocycles. The Morgan fingerprint density at radius 3 is 2.55 bits per heavy atom. The van der Waals surface area contributed by atoms with Crippen molar-refractivity contribution in [2.45, 2.75) is 13.5 Å². The number of hydrogen-bond donors (Lipinski definition) is 0. The Morgan fingerprint density at radius 1 is 1.09 bits per heavy atom. The lowest BCUT2D eigenvalue weighted by atomic mass is 10.1. The molecular weight excluding hydrogens is 465 g/mol. The minimum Gasteiger partial charge on any atom is -0.422 e. The highest BCUT2D eigenvalue weighted by Crippen LogP contribution is 2.35. The molecule has 3 aromatic carbocycles. The first kappa shape index (κ1) is 22.8. The Balaban J connectivity index is 1.55. The van der Waals surface area contributed by atoms with Crippen LogP contribution in [0.2, 0.25) is 5.02 Å². The molecule has 0 N–H and O–H groups in total. The van der Waals surface area contributed by atoms with E-state index < -0.39 is 22.9 Å². The number of aryl methyl sites for hydroxylation is 1. The number of thioether (sulfide) groups is 1. The van der Waals surface area contributed by atoms with Crippen molar-refractivity contribution < 1.29 is 23.5 Å². The van der Waals surface area contributed by atoms with Gasteiger partial charge >= 0.3 is 5.97 Å². The number of hydrogen-bond acceptors (Lipinski definition) is 5. The molecule has 0 aliphatic carbocycles. The van der Waals surface area contributed by atoms with Gasteiger partial charge in [0.25, 0.3) is 11.1 Å². The summed E-state index contributed by atoms with van der Waals surface area (Å²) in [6.07, 6.45) is 1.51. The standard InChI is InChI=1S/C25H17ClFNO4S/c1-15-6-8-16(9-7-15)24(30)32-21-5-3-2-4-17(21)12-22-23(29)28(25(31)33-22)14-18-10-11-19(27)13-20(18)26/h2-13H,14H2,1H3/b22-12-. The van der Waals surface area contributed by atoms with Crippen LogP contribution in [0.3, 0.4) is 0 Å². The van der Waals surface area contributed by atoms with Gasteiger partial charge in [0, 0.05) is 10.6 Å². The number of nitrogens with zero attached hydrogens (tertiary/aromatic N) is 1. The van der Waals surface area contributed by atoms with Crippen molar-refractivity contribution in [1.29, 1.82) is 0 Å². The van der Waals surface area contributed by atoms with Gasteiger partial charge in [0.05, 0.1) is 17.0 Å². The molecule has 1 heterocycles. The zero-order valence-corrected chi connectivity index (χ0v) is 19.0. The topological polar surface area (TPSA) is 63.7 Å². The maximum absolute atomic E-state index is 13.3. The summed E-state index contributed by atoms with van der Waals surface area (Å²) in [5, 5.41) is -0.341. The first-order valence-electron chi connectivity index (χ1n) is 9.89. The molecule has 0 unspecified atom stereocenters. The number of ether oxygens (including phenoxy) is 1. The van der Waals surface area contributed by atoms with E-state index in [0.717, 1.165) is 28.3 Å². The quantitative estimate of drug-likeness (QED) is 0.245. The number of carbonyl (C=O) groups is 3. The largest absolute Gasteiger partial charge is 0.422 e. The summed E-state index contributed by atoms with van der Waals surface area (Å²) in [5.74, 6) is -1.29. The molecular formula is C25H17ClFNO4S. The molecule has 0 saturated carbocycles. The van der Waals surface area contributed by atoms with Crippen LogP contribution in [-0.4, -0.2) is 22.0 Å². The molecule has 0 spiro atoms. The van der Waals surface area contributed by atoms with Crippen LogP contribution in [0.5, 0.6) is 5.75 Å². The third-order valence-corrected chi connectivity index (χ3v) is 6.17. The Morgan fingerprint density at radius 2 is 1.82 bits per heavy atom. The lowest BCUT2D eigenvalue weighted by molar-refractivity contribution is -0.123. The van der Waals surface area contributed by atoms with E-state index in [2.05, 4.69) is 0 Å². The van der Waals surface area contributed by atoms with Crippen LogP contribution in [0.15, 0.2) is 71.6 Å². The minimum absolute atomic E-state index is 0.0782. The van der Waals surface area contributed by atoms with Crippen LogP contribution < -0.4 is 4.74 Å². The molecule has 0 radical (unpaired) electrons. The summed E-state index contributed by atoms with van der Waals surface area (Å²) in [6.45, 7) is 1.84. The number of para-hydroxylation sites is 1. The summed E-state index contributed by atoms with van der Waals surface area (Å²) < 4.78 is 18.8. The van der Waals surface area contributed by atoms with Gasteiger partial charge in [-0.3, -0.25) is 14.5 Å². The van der Waals surface area contributed by atoms with Crippen LogP contribution in [0.4, 0.5) is 9.18 Å². The summed E-state index contributed by atoms with van der Waals surface area (Å²) in [6, 6.07) is 17.5. The third kappa shape index (κ3) is 5.16. The fraction of sp³-hybridized carbons (Fsp3) is 0.0800. The van der Waals surface area contributed by atoms with Crippen LogP contribution in [-0.2, 0) is 11.3 Å². The molecule has 0 bridgehead atoms. The smallest absolute Gasteiger partial charge is 0.343 e. The molecule has 0 atom stereocenters. The second kappa shape index (κ2) is 9.60. The average molecular weight is 482 g/mol. The van der Waals surface area contributed by atoms with Crippen LogP contribution in [0.1, 0.15) is 27.0 Å². The summed E-state index contributed by atoms with van der Waals surface area (Å²) in [5.41, 5.74) is 2.34. The van der Waals surface area contributed by atoms with Crippen LogP contribution in [0.25, 0.3) is 6.08 Å². The van der Waals surface area contributed by atoms with E-state index in [0.29, 0.717) is 16.7 Å². The van der Waals surface area contributed by atoms with Gasteiger partial charge in [-0.05, 0) is 60.7 Å². The van der Waals surface area contributed by atoms with Crippen molar-refractivity contribution in [2.75, 3.05) is 0 Å². The predicted octanol–water partition coefficient (Wildman–Crippen LogP) is 6.24. The van der Waals surface area contributed by atoms with Crippen molar-refractivity contribution in [3.63, 3.8) is 0 Å². The van der Waals surface area contributed by atoms with Crippen LogP contribution >= 0.6 is 23.4 Å². The lowest BCUT2D eigenvalue weighted by Gasteiger charge is -2.13. The molecule has 33 heavy (non-hydrogen) atoms. The van der Waals surface area contributed by atoms with Crippen molar-refractivity contribution in [3.8, 4) is 5.75 Å². The van der Waals surface area contributed by atoms with E-state index in [9.17, 15) is 18.8 Å². The van der Waals surface area contributed by atoms with Gasteiger partial charge in [-0.15, -0.1) is 0 Å². The van der Waals surface area contributed by atoms with Gasteiger partial charge in [-0.2, -0.15) is 0 Å². The normalized spacial score (nSPS) is 14.8. The Labute approximate surface area is 198 Å². The zero-order chi connectivity index (χ0) is 23.5. The molecule has 1 fully saturated rings. The highest BCUT2D eigenvalue weighted by molar-refractivity contribution is 8.18. The van der Waals surface area contributed by atoms with E-state index >= 15 is 0 Å². The molecule has 1 saturated heterocycles. The first-order chi connectivity index (χ1) is 15.8. The van der Waals surface area contributed by atoms with E-state index in [4.69, 9.17) is 16.3 Å². The fourth-order valence-electron chi connectivity index (χ4n) is 3.14. The number of rotatable bonds is 5. The lowest BCUT2D eigenvalue weighted by Crippen LogP contribution is -2.27. The summed E-state index contributed by atoms with van der Waals surface area (Å²) >= 11 is 6.81. The average Bonchev–Trinajstić information content (AvgIpc) is 3.04. The predicted molar refractivity (Wildman–Crippen MR) is 126 cm³/mol. The summed E-state index contributed by atoms with van der Waals surface area (Å²) in [7, 11) is 0. The number of esters is 1. The van der Waals surface area contributed by atoms with Gasteiger partial charge in [0.1, 0.15) is 11.6 Å². The monoisotopic (exact) mass is 481 g/mol. The van der Waals surface area contributed by atoms with Gasteiger partial charge in [0.2, 0.25) is 0 Å². The molecule has 166 valence electrons. The third-order valence-electron chi connectivity index (χ3n) is 4.91.